The van der Waals surface area contributed by atoms with Gasteiger partial charge in [0.25, 0.3) is 0 Å². The standard InChI is InChI=1S/C14H17N3/c1-9-5-4-6-12(11(9)3)17-14-13(15)10(2)7-8-16-14/h4-8H,15H2,1-3H3,(H,16,17). The maximum absolute atomic E-state index is 5.99. The number of anilines is 3. The molecular formula is C14H17N3. The second kappa shape index (κ2) is 4.45. The molecule has 0 bridgehead atoms. The molecule has 0 fully saturated rings. The minimum atomic E-state index is 0.702. The highest BCUT2D eigenvalue weighted by Crippen LogP contribution is 2.26. The summed E-state index contributed by atoms with van der Waals surface area (Å²) in [5.41, 5.74) is 11.3. The van der Waals surface area contributed by atoms with E-state index in [-0.39, 0.29) is 0 Å². The summed E-state index contributed by atoms with van der Waals surface area (Å²) < 4.78 is 0. The molecule has 0 aliphatic heterocycles. The molecule has 1 heterocycles. The van der Waals surface area contributed by atoms with Crippen molar-refractivity contribution in [2.45, 2.75) is 20.8 Å². The van der Waals surface area contributed by atoms with Gasteiger partial charge in [0.2, 0.25) is 0 Å². The molecular weight excluding hydrogens is 210 g/mol. The van der Waals surface area contributed by atoms with Crippen molar-refractivity contribution >= 4 is 17.2 Å². The number of hydrogen-bond donors (Lipinski definition) is 2. The average molecular weight is 227 g/mol. The summed E-state index contributed by atoms with van der Waals surface area (Å²) in [6.07, 6.45) is 1.76. The number of aryl methyl sites for hydroxylation is 2. The van der Waals surface area contributed by atoms with Crippen molar-refractivity contribution in [3.8, 4) is 0 Å². The minimum Gasteiger partial charge on any atom is -0.396 e. The molecule has 0 amide bonds. The maximum Gasteiger partial charge on any atom is 0.153 e. The number of nitrogen functional groups attached to an aromatic ring is 1. The SMILES string of the molecule is Cc1cccc(Nc2nccc(C)c2N)c1C. The number of rotatable bonds is 2. The first-order valence-corrected chi connectivity index (χ1v) is 5.64. The number of hydrogen-bond acceptors (Lipinski definition) is 3. The highest BCUT2D eigenvalue weighted by Gasteiger charge is 2.06. The number of nitrogens with two attached hydrogens (primary N) is 1. The van der Waals surface area contributed by atoms with Crippen LogP contribution in [0.5, 0.6) is 0 Å². The van der Waals surface area contributed by atoms with Gasteiger partial charge in [0.05, 0.1) is 5.69 Å². The van der Waals surface area contributed by atoms with Crippen LogP contribution in [0.15, 0.2) is 30.5 Å². The summed E-state index contributed by atoms with van der Waals surface area (Å²) in [5.74, 6) is 0.721. The molecule has 3 nitrogen and oxygen atoms in total. The van der Waals surface area contributed by atoms with Crippen LogP contribution in [-0.2, 0) is 0 Å². The van der Waals surface area contributed by atoms with Gasteiger partial charge in [-0.2, -0.15) is 0 Å². The lowest BCUT2D eigenvalue weighted by molar-refractivity contribution is 1.26. The Hall–Kier alpha value is -2.03. The molecule has 88 valence electrons. The molecule has 0 unspecified atom stereocenters. The van der Waals surface area contributed by atoms with E-state index in [0.29, 0.717) is 5.69 Å². The fourth-order valence-electron chi connectivity index (χ4n) is 1.68. The van der Waals surface area contributed by atoms with Crippen molar-refractivity contribution in [1.29, 1.82) is 0 Å². The van der Waals surface area contributed by atoms with E-state index in [9.17, 15) is 0 Å². The van der Waals surface area contributed by atoms with E-state index < -0.39 is 0 Å². The van der Waals surface area contributed by atoms with Gasteiger partial charge >= 0.3 is 0 Å². The molecule has 0 radical (unpaired) electrons. The molecule has 0 spiro atoms. The summed E-state index contributed by atoms with van der Waals surface area (Å²) >= 11 is 0. The van der Waals surface area contributed by atoms with Gasteiger partial charge in [-0.05, 0) is 49.6 Å². The Balaban J connectivity index is 2.38. The predicted octanol–water partition coefficient (Wildman–Crippen LogP) is 3.33. The monoisotopic (exact) mass is 227 g/mol. The quantitative estimate of drug-likeness (QED) is 0.827. The molecule has 3 N–H and O–H groups in total. The Morgan fingerprint density at radius 1 is 1.06 bits per heavy atom. The number of nitrogens with one attached hydrogen (secondary N) is 1. The third-order valence-electron chi connectivity index (χ3n) is 3.07. The smallest absolute Gasteiger partial charge is 0.153 e. The Labute approximate surface area is 102 Å². The highest BCUT2D eigenvalue weighted by molar-refractivity contribution is 5.72. The molecule has 17 heavy (non-hydrogen) atoms. The van der Waals surface area contributed by atoms with Gasteiger partial charge < -0.3 is 11.1 Å². The van der Waals surface area contributed by atoms with Crippen LogP contribution in [0.1, 0.15) is 16.7 Å². The topological polar surface area (TPSA) is 50.9 Å². The van der Waals surface area contributed by atoms with Gasteiger partial charge in [-0.15, -0.1) is 0 Å². The lowest BCUT2D eigenvalue weighted by Crippen LogP contribution is -2.02. The van der Waals surface area contributed by atoms with Crippen LogP contribution in [0.4, 0.5) is 17.2 Å². The Morgan fingerprint density at radius 3 is 2.59 bits per heavy atom. The van der Waals surface area contributed by atoms with Gasteiger partial charge in [-0.3, -0.25) is 0 Å². The molecule has 0 atom stereocenters. The zero-order valence-electron chi connectivity index (χ0n) is 10.4. The Bertz CT molecular complexity index is 498. The summed E-state index contributed by atoms with van der Waals surface area (Å²) in [6.45, 7) is 6.16. The number of pyridine rings is 1. The molecule has 2 aromatic rings. The Kier molecular flexibility index (Phi) is 3.00. The van der Waals surface area contributed by atoms with Crippen molar-refractivity contribution in [3.05, 3.63) is 47.2 Å². The van der Waals surface area contributed by atoms with Gasteiger partial charge in [0, 0.05) is 11.9 Å². The van der Waals surface area contributed by atoms with E-state index in [0.717, 1.165) is 17.1 Å². The second-order valence-electron chi connectivity index (χ2n) is 4.26. The summed E-state index contributed by atoms with van der Waals surface area (Å²) in [6, 6.07) is 8.06. The van der Waals surface area contributed by atoms with Crippen molar-refractivity contribution < 1.29 is 0 Å². The van der Waals surface area contributed by atoms with Crippen LogP contribution in [0.25, 0.3) is 0 Å². The van der Waals surface area contributed by atoms with E-state index in [4.69, 9.17) is 5.73 Å². The zero-order valence-corrected chi connectivity index (χ0v) is 10.4. The van der Waals surface area contributed by atoms with E-state index in [1.807, 2.05) is 25.1 Å². The van der Waals surface area contributed by atoms with Crippen LogP contribution >= 0.6 is 0 Å². The second-order valence-corrected chi connectivity index (χ2v) is 4.26. The largest absolute Gasteiger partial charge is 0.396 e. The number of aromatic nitrogens is 1. The van der Waals surface area contributed by atoms with E-state index in [2.05, 4.69) is 30.2 Å². The molecule has 0 aliphatic carbocycles. The third-order valence-corrected chi connectivity index (χ3v) is 3.07. The zero-order chi connectivity index (χ0) is 12.4. The van der Waals surface area contributed by atoms with E-state index in [1.54, 1.807) is 6.20 Å². The van der Waals surface area contributed by atoms with Crippen molar-refractivity contribution in [3.63, 3.8) is 0 Å². The first kappa shape index (κ1) is 11.5. The molecule has 1 aromatic heterocycles. The number of nitrogens with zero attached hydrogens (tertiary/aromatic N) is 1. The molecule has 3 heteroatoms. The highest BCUT2D eigenvalue weighted by atomic mass is 15.0. The lowest BCUT2D eigenvalue weighted by atomic mass is 10.1. The summed E-state index contributed by atoms with van der Waals surface area (Å²) in [5, 5.41) is 3.29. The van der Waals surface area contributed by atoms with Crippen molar-refractivity contribution in [1.82, 2.24) is 4.98 Å². The first-order chi connectivity index (χ1) is 8.09. The van der Waals surface area contributed by atoms with Crippen molar-refractivity contribution in [2.75, 3.05) is 11.1 Å². The van der Waals surface area contributed by atoms with Crippen LogP contribution in [-0.4, -0.2) is 4.98 Å². The van der Waals surface area contributed by atoms with Gasteiger partial charge in [-0.1, -0.05) is 12.1 Å². The van der Waals surface area contributed by atoms with Crippen LogP contribution < -0.4 is 11.1 Å². The molecule has 0 saturated heterocycles. The van der Waals surface area contributed by atoms with E-state index in [1.165, 1.54) is 11.1 Å². The van der Waals surface area contributed by atoms with Gasteiger partial charge in [-0.25, -0.2) is 4.98 Å². The number of benzene rings is 1. The van der Waals surface area contributed by atoms with Crippen LogP contribution in [0, 0.1) is 20.8 Å². The fourth-order valence-corrected chi connectivity index (χ4v) is 1.68. The molecule has 0 saturated carbocycles. The molecule has 2 rings (SSSR count). The Morgan fingerprint density at radius 2 is 1.82 bits per heavy atom. The maximum atomic E-state index is 5.99. The minimum absolute atomic E-state index is 0.702. The lowest BCUT2D eigenvalue weighted by Gasteiger charge is -2.13. The van der Waals surface area contributed by atoms with Crippen LogP contribution in [0.2, 0.25) is 0 Å². The fraction of sp³-hybridized carbons (Fsp3) is 0.214. The first-order valence-electron chi connectivity index (χ1n) is 5.64. The average Bonchev–Trinajstić information content (AvgIpc) is 2.31. The van der Waals surface area contributed by atoms with E-state index >= 15 is 0 Å². The predicted molar refractivity (Wildman–Crippen MR) is 72.6 cm³/mol. The van der Waals surface area contributed by atoms with Gasteiger partial charge in [0.1, 0.15) is 0 Å². The van der Waals surface area contributed by atoms with Crippen LogP contribution in [0.3, 0.4) is 0 Å². The van der Waals surface area contributed by atoms with Gasteiger partial charge in [0.15, 0.2) is 5.82 Å². The molecule has 0 aliphatic rings. The molecule has 1 aromatic carbocycles. The van der Waals surface area contributed by atoms with Crippen molar-refractivity contribution in [2.24, 2.45) is 0 Å². The summed E-state index contributed by atoms with van der Waals surface area (Å²) in [7, 11) is 0. The summed E-state index contributed by atoms with van der Waals surface area (Å²) in [4.78, 5) is 4.27. The third kappa shape index (κ3) is 2.23. The normalized spacial score (nSPS) is 10.3.